The van der Waals surface area contributed by atoms with Crippen LogP contribution in [0.15, 0.2) is 45.2 Å². The van der Waals surface area contributed by atoms with Gasteiger partial charge in [0.25, 0.3) is 0 Å². The van der Waals surface area contributed by atoms with Gasteiger partial charge in [-0.1, -0.05) is 23.8 Å². The average Bonchev–Trinajstić information content (AvgIpc) is 2.80. The zero-order chi connectivity index (χ0) is 27.0. The van der Waals surface area contributed by atoms with Crippen molar-refractivity contribution in [3.8, 4) is 40.1 Å². The molecule has 4 N–H and O–H groups in total. The highest BCUT2D eigenvalue weighted by molar-refractivity contribution is 5.96. The van der Waals surface area contributed by atoms with E-state index in [1.165, 1.54) is 0 Å². The van der Waals surface area contributed by atoms with Crippen LogP contribution in [0.3, 0.4) is 0 Å². The van der Waals surface area contributed by atoms with Crippen LogP contribution >= 0.6 is 0 Å². The molecule has 0 radical (unpaired) electrons. The monoisotopic (exact) mass is 502 g/mol. The van der Waals surface area contributed by atoms with Crippen LogP contribution in [0.1, 0.15) is 62.8 Å². The Kier molecular flexibility index (Phi) is 5.44. The second-order valence-electron chi connectivity index (χ2n) is 10.7. The summed E-state index contributed by atoms with van der Waals surface area (Å²) in [5, 5.41) is 43.2. The first-order valence-corrected chi connectivity index (χ1v) is 12.1. The van der Waals surface area contributed by atoms with E-state index in [4.69, 9.17) is 9.15 Å². The molecule has 1 unspecified atom stereocenters. The number of ether oxygens (including phenoxy) is 1. The van der Waals surface area contributed by atoms with Crippen molar-refractivity contribution in [1.29, 1.82) is 0 Å². The molecule has 0 spiro atoms. The van der Waals surface area contributed by atoms with Gasteiger partial charge in [-0.2, -0.15) is 0 Å². The Morgan fingerprint density at radius 2 is 1.84 bits per heavy atom. The fraction of sp³-hybridized carbons (Fsp3) is 0.300. The van der Waals surface area contributed by atoms with Gasteiger partial charge in [0.2, 0.25) is 0 Å². The van der Waals surface area contributed by atoms with Gasteiger partial charge in [0.15, 0.2) is 16.9 Å². The Balaban J connectivity index is 1.95. The van der Waals surface area contributed by atoms with Crippen LogP contribution in [-0.2, 0) is 12.8 Å². The summed E-state index contributed by atoms with van der Waals surface area (Å²) in [7, 11) is 0. The van der Waals surface area contributed by atoms with E-state index in [0.29, 0.717) is 28.9 Å². The molecule has 7 heteroatoms. The fourth-order valence-corrected chi connectivity index (χ4v) is 5.21. The smallest absolute Gasteiger partial charge is 0.200 e. The van der Waals surface area contributed by atoms with Crippen molar-refractivity contribution in [1.82, 2.24) is 0 Å². The van der Waals surface area contributed by atoms with E-state index < -0.39 is 28.4 Å². The van der Waals surface area contributed by atoms with Crippen LogP contribution in [0.25, 0.3) is 28.4 Å². The SMILES string of the molecule is C=C(C)C1Cc2c(oc3c(CC=C(C)C)c4c(c(O)c3c2=O)C=CC(C)(C)O4)-c2c(O)cc(O)c(O)c21. The third-order valence-corrected chi connectivity index (χ3v) is 7.10. The van der Waals surface area contributed by atoms with E-state index in [1.807, 2.05) is 39.8 Å². The second kappa shape index (κ2) is 8.20. The Bertz CT molecular complexity index is 1630. The van der Waals surface area contributed by atoms with Gasteiger partial charge in [0, 0.05) is 28.7 Å². The maximum atomic E-state index is 14.0. The minimum Gasteiger partial charge on any atom is -0.507 e. The largest absolute Gasteiger partial charge is 0.507 e. The van der Waals surface area contributed by atoms with Crippen LogP contribution in [-0.4, -0.2) is 26.0 Å². The van der Waals surface area contributed by atoms with Gasteiger partial charge in [-0.05, 0) is 59.6 Å². The number of hydrogen-bond donors (Lipinski definition) is 4. The molecule has 0 fully saturated rings. The summed E-state index contributed by atoms with van der Waals surface area (Å²) in [6, 6.07) is 1.02. The molecule has 0 amide bonds. The third-order valence-electron chi connectivity index (χ3n) is 7.10. The molecule has 0 saturated heterocycles. The molecular formula is C30H30O7. The highest BCUT2D eigenvalue weighted by atomic mass is 16.5. The van der Waals surface area contributed by atoms with Crippen molar-refractivity contribution in [2.24, 2.45) is 0 Å². The second-order valence-corrected chi connectivity index (χ2v) is 10.7. The van der Waals surface area contributed by atoms with Gasteiger partial charge >= 0.3 is 0 Å². The van der Waals surface area contributed by atoms with Crippen molar-refractivity contribution < 1.29 is 29.6 Å². The topological polar surface area (TPSA) is 120 Å². The summed E-state index contributed by atoms with van der Waals surface area (Å²) in [6.07, 6.45) is 6.06. The highest BCUT2D eigenvalue weighted by Crippen LogP contribution is 2.54. The van der Waals surface area contributed by atoms with Crippen LogP contribution in [0, 0.1) is 0 Å². The number of phenols is 4. The van der Waals surface area contributed by atoms with Crippen LogP contribution in [0.4, 0.5) is 0 Å². The van der Waals surface area contributed by atoms with E-state index in [-0.39, 0.29) is 51.3 Å². The Morgan fingerprint density at radius 1 is 1.14 bits per heavy atom. The molecule has 0 saturated carbocycles. The van der Waals surface area contributed by atoms with Crippen molar-refractivity contribution >= 4 is 17.0 Å². The van der Waals surface area contributed by atoms with Crippen molar-refractivity contribution in [2.75, 3.05) is 0 Å². The lowest BCUT2D eigenvalue weighted by molar-refractivity contribution is 0.157. The molecule has 0 bridgehead atoms. The maximum Gasteiger partial charge on any atom is 0.200 e. The lowest BCUT2D eigenvalue weighted by Gasteiger charge is -2.31. The number of phenolic OH excluding ortho intramolecular Hbond substituents is 4. The van der Waals surface area contributed by atoms with Crippen LogP contribution in [0.5, 0.6) is 28.7 Å². The van der Waals surface area contributed by atoms with Gasteiger partial charge in [0.1, 0.15) is 39.6 Å². The van der Waals surface area contributed by atoms with Gasteiger partial charge in [-0.25, -0.2) is 0 Å². The normalized spacial score (nSPS) is 16.9. The third kappa shape index (κ3) is 3.68. The number of benzene rings is 2. The summed E-state index contributed by atoms with van der Waals surface area (Å²) in [5.41, 5.74) is 2.36. The molecule has 2 heterocycles. The molecule has 1 aliphatic heterocycles. The molecule has 1 aromatic heterocycles. The van der Waals surface area contributed by atoms with Gasteiger partial charge < -0.3 is 29.6 Å². The molecule has 1 atom stereocenters. The summed E-state index contributed by atoms with van der Waals surface area (Å²) >= 11 is 0. The molecule has 3 aromatic rings. The lowest BCUT2D eigenvalue weighted by atomic mass is 9.77. The van der Waals surface area contributed by atoms with E-state index >= 15 is 0 Å². The number of rotatable bonds is 3. The van der Waals surface area contributed by atoms with Crippen LogP contribution < -0.4 is 10.2 Å². The molecule has 1 aliphatic carbocycles. The first kappa shape index (κ1) is 24.6. The van der Waals surface area contributed by atoms with Crippen LogP contribution in [0.2, 0.25) is 0 Å². The van der Waals surface area contributed by atoms with E-state index in [9.17, 15) is 25.2 Å². The molecule has 7 nitrogen and oxygen atoms in total. The molecular weight excluding hydrogens is 472 g/mol. The quantitative estimate of drug-likeness (QED) is 0.191. The number of hydrogen-bond acceptors (Lipinski definition) is 7. The predicted molar refractivity (Wildman–Crippen MR) is 143 cm³/mol. The first-order chi connectivity index (χ1) is 17.3. The number of aromatic hydroxyl groups is 4. The Hall–Kier alpha value is -4.13. The van der Waals surface area contributed by atoms with E-state index in [1.54, 1.807) is 13.0 Å². The average molecular weight is 503 g/mol. The molecule has 2 aromatic carbocycles. The van der Waals surface area contributed by atoms with Crippen molar-refractivity contribution in [3.05, 3.63) is 68.4 Å². The predicted octanol–water partition coefficient (Wildman–Crippen LogP) is 6.19. The highest BCUT2D eigenvalue weighted by Gasteiger charge is 2.38. The number of fused-ring (bicyclic) bond motifs is 5. The molecule has 5 rings (SSSR count). The van der Waals surface area contributed by atoms with Crippen molar-refractivity contribution in [2.45, 2.75) is 59.0 Å². The fourth-order valence-electron chi connectivity index (χ4n) is 5.21. The first-order valence-electron chi connectivity index (χ1n) is 12.1. The van der Waals surface area contributed by atoms with Gasteiger partial charge in [-0.3, -0.25) is 4.79 Å². The van der Waals surface area contributed by atoms with Gasteiger partial charge in [-0.15, -0.1) is 0 Å². The summed E-state index contributed by atoms with van der Waals surface area (Å²) in [5.74, 6) is -1.50. The molecule has 2 aliphatic rings. The number of allylic oxidation sites excluding steroid dienone is 3. The molecule has 192 valence electrons. The lowest BCUT2D eigenvalue weighted by Crippen LogP contribution is -2.28. The zero-order valence-electron chi connectivity index (χ0n) is 21.5. The van der Waals surface area contributed by atoms with Crippen molar-refractivity contribution in [3.63, 3.8) is 0 Å². The summed E-state index contributed by atoms with van der Waals surface area (Å²) in [4.78, 5) is 14.0. The zero-order valence-corrected chi connectivity index (χ0v) is 21.5. The summed E-state index contributed by atoms with van der Waals surface area (Å²) < 4.78 is 12.7. The standard InChI is InChI=1S/C30H30O7/c1-13(2)7-8-16-27-15(9-10-30(5,6)37-27)24(33)23-25(34)18-11-17(14(3)4)21-22(29(18)36-28(16)23)19(31)12-20(32)26(21)35/h7,9-10,12,17,31-33,35H,3,8,11H2,1-2,4-6H3. The maximum absolute atomic E-state index is 14.0. The van der Waals surface area contributed by atoms with Gasteiger partial charge in [0.05, 0.1) is 11.1 Å². The minimum absolute atomic E-state index is 0.0361. The summed E-state index contributed by atoms with van der Waals surface area (Å²) in [6.45, 7) is 13.4. The molecule has 37 heavy (non-hydrogen) atoms. The van der Waals surface area contributed by atoms with E-state index in [2.05, 4.69) is 6.58 Å². The Morgan fingerprint density at radius 3 is 2.49 bits per heavy atom. The Labute approximate surface area is 214 Å². The van der Waals surface area contributed by atoms with E-state index in [0.717, 1.165) is 11.6 Å². The minimum atomic E-state index is -0.649.